The minimum absolute atomic E-state index is 0.0490. The van der Waals surface area contributed by atoms with Crippen molar-refractivity contribution < 1.29 is 14.6 Å². The van der Waals surface area contributed by atoms with Crippen LogP contribution in [0.15, 0.2) is 30.3 Å². The van der Waals surface area contributed by atoms with Crippen LogP contribution in [0, 0.1) is 5.92 Å². The largest absolute Gasteiger partial charge is 0.393 e. The van der Waals surface area contributed by atoms with Crippen LogP contribution >= 0.6 is 0 Å². The maximum absolute atomic E-state index is 12.3. The van der Waals surface area contributed by atoms with Gasteiger partial charge < -0.3 is 15.2 Å². The van der Waals surface area contributed by atoms with E-state index in [1.165, 1.54) is 0 Å². The van der Waals surface area contributed by atoms with Gasteiger partial charge in [0, 0.05) is 19.8 Å². The van der Waals surface area contributed by atoms with Crippen molar-refractivity contribution in [2.24, 2.45) is 5.92 Å². The molecule has 22 heavy (non-hydrogen) atoms. The first-order valence-electron chi connectivity index (χ1n) is 8.30. The van der Waals surface area contributed by atoms with Crippen LogP contribution in [0.1, 0.15) is 44.1 Å². The lowest BCUT2D eigenvalue weighted by Crippen LogP contribution is -2.34. The molecule has 1 aromatic rings. The fourth-order valence-corrected chi connectivity index (χ4v) is 3.06. The number of carbonyl (C=O) groups excluding carboxylic acids is 1. The standard InChI is InChI=1S/C18H27NO3/c1-2-16(14-6-4-3-5-7-14)18(21)19-11-8-17(20)15-9-12-22-13-10-15/h3-7,15-17,20H,2,8-13H2,1H3,(H,19,21). The van der Waals surface area contributed by atoms with Crippen molar-refractivity contribution in [1.29, 1.82) is 0 Å². The third-order valence-electron chi connectivity index (χ3n) is 4.48. The lowest BCUT2D eigenvalue weighted by Gasteiger charge is -2.27. The molecule has 4 nitrogen and oxygen atoms in total. The number of aliphatic hydroxyl groups is 1. The Morgan fingerprint density at radius 1 is 1.32 bits per heavy atom. The topological polar surface area (TPSA) is 58.6 Å². The summed E-state index contributed by atoms with van der Waals surface area (Å²) < 4.78 is 5.31. The van der Waals surface area contributed by atoms with E-state index in [1.807, 2.05) is 37.3 Å². The van der Waals surface area contributed by atoms with Crippen LogP contribution in [0.2, 0.25) is 0 Å². The van der Waals surface area contributed by atoms with Crippen LogP contribution in [0.3, 0.4) is 0 Å². The van der Waals surface area contributed by atoms with Gasteiger partial charge >= 0.3 is 0 Å². The zero-order chi connectivity index (χ0) is 15.8. The number of hydrogen-bond acceptors (Lipinski definition) is 3. The van der Waals surface area contributed by atoms with Crippen LogP contribution in [0.5, 0.6) is 0 Å². The van der Waals surface area contributed by atoms with Gasteiger partial charge in [0.1, 0.15) is 0 Å². The highest BCUT2D eigenvalue weighted by Crippen LogP contribution is 2.21. The summed E-state index contributed by atoms with van der Waals surface area (Å²) in [5, 5.41) is 13.2. The molecule has 1 aliphatic rings. The van der Waals surface area contributed by atoms with E-state index in [0.29, 0.717) is 18.9 Å². The van der Waals surface area contributed by atoms with E-state index in [9.17, 15) is 9.90 Å². The predicted molar refractivity (Wildman–Crippen MR) is 86.7 cm³/mol. The fourth-order valence-electron chi connectivity index (χ4n) is 3.06. The summed E-state index contributed by atoms with van der Waals surface area (Å²) in [6.07, 6.45) is 2.87. The fraction of sp³-hybridized carbons (Fsp3) is 0.611. The molecule has 1 heterocycles. The van der Waals surface area contributed by atoms with Gasteiger partial charge in [-0.15, -0.1) is 0 Å². The normalized spacial score (nSPS) is 18.6. The number of hydrogen-bond donors (Lipinski definition) is 2. The summed E-state index contributed by atoms with van der Waals surface area (Å²) in [5.74, 6) is 0.246. The first kappa shape index (κ1) is 17.0. The van der Waals surface area contributed by atoms with Gasteiger partial charge in [0.15, 0.2) is 0 Å². The second kappa shape index (κ2) is 8.91. The molecule has 0 spiro atoms. The average Bonchev–Trinajstić information content (AvgIpc) is 2.57. The van der Waals surface area contributed by atoms with E-state index in [-0.39, 0.29) is 17.9 Å². The quantitative estimate of drug-likeness (QED) is 0.813. The highest BCUT2D eigenvalue weighted by atomic mass is 16.5. The number of benzene rings is 1. The SMILES string of the molecule is CCC(C(=O)NCCC(O)C1CCOCC1)c1ccccc1. The number of amides is 1. The van der Waals surface area contributed by atoms with Crippen molar-refractivity contribution in [2.45, 2.75) is 44.6 Å². The molecule has 0 aliphatic carbocycles. The number of rotatable bonds is 7. The predicted octanol–water partition coefficient (Wildman–Crippen LogP) is 2.47. The Balaban J connectivity index is 1.76. The smallest absolute Gasteiger partial charge is 0.227 e. The number of nitrogens with one attached hydrogen (secondary N) is 1. The number of aliphatic hydroxyl groups excluding tert-OH is 1. The van der Waals surface area contributed by atoms with Gasteiger partial charge in [-0.1, -0.05) is 37.3 Å². The number of carbonyl (C=O) groups is 1. The molecule has 2 unspecified atom stereocenters. The molecular weight excluding hydrogens is 278 g/mol. The van der Waals surface area contributed by atoms with E-state index in [4.69, 9.17) is 4.74 Å². The van der Waals surface area contributed by atoms with Gasteiger partial charge in [0.25, 0.3) is 0 Å². The van der Waals surface area contributed by atoms with Gasteiger partial charge in [-0.3, -0.25) is 4.79 Å². The van der Waals surface area contributed by atoms with E-state index in [0.717, 1.165) is 38.0 Å². The summed E-state index contributed by atoms with van der Waals surface area (Å²) in [7, 11) is 0. The molecule has 2 rings (SSSR count). The Kier molecular flexibility index (Phi) is 6.87. The molecule has 1 amide bonds. The van der Waals surface area contributed by atoms with Crippen molar-refractivity contribution in [2.75, 3.05) is 19.8 Å². The van der Waals surface area contributed by atoms with Crippen molar-refractivity contribution in [3.05, 3.63) is 35.9 Å². The second-order valence-electron chi connectivity index (χ2n) is 5.97. The van der Waals surface area contributed by atoms with Gasteiger partial charge in [-0.2, -0.15) is 0 Å². The molecular formula is C18H27NO3. The highest BCUT2D eigenvalue weighted by molar-refractivity contribution is 5.83. The van der Waals surface area contributed by atoms with E-state index in [2.05, 4.69) is 5.32 Å². The first-order chi connectivity index (χ1) is 10.7. The molecule has 1 aliphatic heterocycles. The van der Waals surface area contributed by atoms with Gasteiger partial charge in [-0.25, -0.2) is 0 Å². The number of ether oxygens (including phenoxy) is 1. The summed E-state index contributed by atoms with van der Waals surface area (Å²) in [6, 6.07) is 9.86. The molecule has 0 saturated carbocycles. The molecule has 4 heteroatoms. The molecule has 0 bridgehead atoms. The van der Waals surface area contributed by atoms with Crippen molar-refractivity contribution in [3.8, 4) is 0 Å². The maximum Gasteiger partial charge on any atom is 0.227 e. The van der Waals surface area contributed by atoms with Crippen molar-refractivity contribution in [1.82, 2.24) is 5.32 Å². The third kappa shape index (κ3) is 4.82. The summed E-state index contributed by atoms with van der Waals surface area (Å²) in [4.78, 5) is 12.3. The molecule has 2 atom stereocenters. The summed E-state index contributed by atoms with van der Waals surface area (Å²) >= 11 is 0. The lowest BCUT2D eigenvalue weighted by molar-refractivity contribution is -0.122. The molecule has 1 aromatic carbocycles. The summed E-state index contributed by atoms with van der Waals surface area (Å²) in [6.45, 7) is 4.02. The van der Waals surface area contributed by atoms with E-state index in [1.54, 1.807) is 0 Å². The maximum atomic E-state index is 12.3. The molecule has 1 fully saturated rings. The van der Waals surface area contributed by atoms with Crippen LogP contribution in [-0.4, -0.2) is 36.9 Å². The molecule has 122 valence electrons. The molecule has 2 N–H and O–H groups in total. The zero-order valence-electron chi connectivity index (χ0n) is 13.3. The van der Waals surface area contributed by atoms with Crippen LogP contribution in [0.25, 0.3) is 0 Å². The second-order valence-corrected chi connectivity index (χ2v) is 5.97. The highest BCUT2D eigenvalue weighted by Gasteiger charge is 2.23. The summed E-state index contributed by atoms with van der Waals surface area (Å²) in [5.41, 5.74) is 1.05. The zero-order valence-corrected chi connectivity index (χ0v) is 13.3. The van der Waals surface area contributed by atoms with Crippen LogP contribution < -0.4 is 5.32 Å². The van der Waals surface area contributed by atoms with Crippen LogP contribution in [0.4, 0.5) is 0 Å². The Bertz CT molecular complexity index is 443. The Hall–Kier alpha value is -1.39. The minimum atomic E-state index is -0.346. The van der Waals surface area contributed by atoms with E-state index < -0.39 is 0 Å². The average molecular weight is 305 g/mol. The lowest BCUT2D eigenvalue weighted by atomic mass is 9.92. The van der Waals surface area contributed by atoms with Crippen molar-refractivity contribution in [3.63, 3.8) is 0 Å². The Morgan fingerprint density at radius 3 is 2.64 bits per heavy atom. The molecule has 0 radical (unpaired) electrons. The Morgan fingerprint density at radius 2 is 2.00 bits per heavy atom. The van der Waals surface area contributed by atoms with Crippen molar-refractivity contribution >= 4 is 5.91 Å². The van der Waals surface area contributed by atoms with Gasteiger partial charge in [0.05, 0.1) is 12.0 Å². The minimum Gasteiger partial charge on any atom is -0.393 e. The molecule has 1 saturated heterocycles. The van der Waals surface area contributed by atoms with Gasteiger partial charge in [0.2, 0.25) is 5.91 Å². The monoisotopic (exact) mass is 305 g/mol. The van der Waals surface area contributed by atoms with Crippen LogP contribution in [-0.2, 0) is 9.53 Å². The van der Waals surface area contributed by atoms with E-state index >= 15 is 0 Å². The Labute approximate surface area is 132 Å². The third-order valence-corrected chi connectivity index (χ3v) is 4.48. The molecule has 0 aromatic heterocycles. The van der Waals surface area contributed by atoms with Gasteiger partial charge in [-0.05, 0) is 37.2 Å². The first-order valence-corrected chi connectivity index (χ1v) is 8.30.